The molecule has 0 aromatic heterocycles. The zero-order valence-electron chi connectivity index (χ0n) is 7.97. The summed E-state index contributed by atoms with van der Waals surface area (Å²) in [5.74, 6) is -0.356. The van der Waals surface area contributed by atoms with Crippen LogP contribution in [0, 0.1) is 5.82 Å². The SMILES string of the molecule is CSc1ccc(F)c(C(C)(C)O)c1. The van der Waals surface area contributed by atoms with Crippen LogP contribution in [0.2, 0.25) is 0 Å². The fraction of sp³-hybridized carbons (Fsp3) is 0.400. The number of benzene rings is 1. The third kappa shape index (κ3) is 2.45. The van der Waals surface area contributed by atoms with Gasteiger partial charge in [0.05, 0.1) is 5.60 Å². The molecule has 0 unspecified atom stereocenters. The van der Waals surface area contributed by atoms with Crippen LogP contribution in [0.5, 0.6) is 0 Å². The Morgan fingerprint density at radius 2 is 2.00 bits per heavy atom. The van der Waals surface area contributed by atoms with E-state index < -0.39 is 5.60 Å². The number of hydrogen-bond acceptors (Lipinski definition) is 2. The second-order valence-electron chi connectivity index (χ2n) is 3.40. The molecule has 0 spiro atoms. The predicted molar refractivity (Wildman–Crippen MR) is 53.4 cm³/mol. The van der Waals surface area contributed by atoms with Crippen LogP contribution < -0.4 is 0 Å². The molecule has 0 fully saturated rings. The lowest BCUT2D eigenvalue weighted by molar-refractivity contribution is 0.0743. The van der Waals surface area contributed by atoms with E-state index >= 15 is 0 Å². The molecule has 0 bridgehead atoms. The molecule has 3 heteroatoms. The first-order chi connectivity index (χ1) is 5.95. The highest BCUT2D eigenvalue weighted by molar-refractivity contribution is 7.98. The molecule has 0 saturated heterocycles. The summed E-state index contributed by atoms with van der Waals surface area (Å²) in [6, 6.07) is 4.77. The second-order valence-corrected chi connectivity index (χ2v) is 4.28. The maximum atomic E-state index is 13.2. The van der Waals surface area contributed by atoms with Gasteiger partial charge in [-0.2, -0.15) is 0 Å². The van der Waals surface area contributed by atoms with Crippen molar-refractivity contribution >= 4 is 11.8 Å². The molecule has 0 atom stereocenters. The van der Waals surface area contributed by atoms with Crippen LogP contribution >= 0.6 is 11.8 Å². The highest BCUT2D eigenvalue weighted by Gasteiger charge is 2.20. The maximum Gasteiger partial charge on any atom is 0.129 e. The fourth-order valence-electron chi connectivity index (χ4n) is 1.10. The summed E-state index contributed by atoms with van der Waals surface area (Å²) < 4.78 is 13.2. The van der Waals surface area contributed by atoms with Crippen molar-refractivity contribution in [3.63, 3.8) is 0 Å². The Hall–Kier alpha value is -0.540. The van der Waals surface area contributed by atoms with Crippen molar-refractivity contribution < 1.29 is 9.50 Å². The molecule has 1 N–H and O–H groups in total. The van der Waals surface area contributed by atoms with Gasteiger partial charge in [0.15, 0.2) is 0 Å². The smallest absolute Gasteiger partial charge is 0.129 e. The number of rotatable bonds is 2. The summed E-state index contributed by atoms with van der Waals surface area (Å²) in [5.41, 5.74) is -0.769. The zero-order chi connectivity index (χ0) is 10.1. The Bertz CT molecular complexity index is 304. The summed E-state index contributed by atoms with van der Waals surface area (Å²) in [4.78, 5) is 0.957. The van der Waals surface area contributed by atoms with Gasteiger partial charge in [0.1, 0.15) is 5.82 Å². The molecule has 1 nitrogen and oxygen atoms in total. The Labute approximate surface area is 82.0 Å². The van der Waals surface area contributed by atoms with E-state index in [9.17, 15) is 9.50 Å². The van der Waals surface area contributed by atoms with Gasteiger partial charge in [-0.15, -0.1) is 11.8 Å². The average molecular weight is 200 g/mol. The monoisotopic (exact) mass is 200 g/mol. The van der Waals surface area contributed by atoms with Crippen molar-refractivity contribution in [2.24, 2.45) is 0 Å². The number of aliphatic hydroxyl groups is 1. The van der Waals surface area contributed by atoms with E-state index in [4.69, 9.17) is 0 Å². The van der Waals surface area contributed by atoms with E-state index in [1.54, 1.807) is 26.0 Å². The number of thioether (sulfide) groups is 1. The maximum absolute atomic E-state index is 13.2. The largest absolute Gasteiger partial charge is 0.386 e. The zero-order valence-corrected chi connectivity index (χ0v) is 8.78. The molecule has 0 aliphatic carbocycles. The molecule has 0 aliphatic rings. The Morgan fingerprint density at radius 3 is 2.46 bits per heavy atom. The van der Waals surface area contributed by atoms with Gasteiger partial charge in [-0.1, -0.05) is 0 Å². The molecule has 1 rings (SSSR count). The second kappa shape index (κ2) is 3.68. The van der Waals surface area contributed by atoms with Crippen molar-refractivity contribution in [3.8, 4) is 0 Å². The van der Waals surface area contributed by atoms with Gasteiger partial charge < -0.3 is 5.11 Å². The van der Waals surface area contributed by atoms with Crippen molar-refractivity contribution in [1.82, 2.24) is 0 Å². The number of hydrogen-bond donors (Lipinski definition) is 1. The number of halogens is 1. The van der Waals surface area contributed by atoms with E-state index in [1.807, 2.05) is 6.26 Å². The molecule has 13 heavy (non-hydrogen) atoms. The van der Waals surface area contributed by atoms with Gasteiger partial charge in [0.2, 0.25) is 0 Å². The van der Waals surface area contributed by atoms with E-state index in [0.29, 0.717) is 5.56 Å². The molecule has 0 heterocycles. The van der Waals surface area contributed by atoms with Gasteiger partial charge in [-0.3, -0.25) is 0 Å². The summed E-state index contributed by atoms with van der Waals surface area (Å²) in [7, 11) is 0. The van der Waals surface area contributed by atoms with E-state index in [-0.39, 0.29) is 5.82 Å². The van der Waals surface area contributed by atoms with Crippen LogP contribution in [0.3, 0.4) is 0 Å². The Morgan fingerprint density at radius 1 is 1.38 bits per heavy atom. The minimum Gasteiger partial charge on any atom is -0.386 e. The molecule has 1 aromatic carbocycles. The minimum absolute atomic E-state index is 0.347. The van der Waals surface area contributed by atoms with Crippen molar-refractivity contribution in [1.29, 1.82) is 0 Å². The van der Waals surface area contributed by atoms with Crippen LogP contribution in [0.15, 0.2) is 23.1 Å². The average Bonchev–Trinajstić information content (AvgIpc) is 2.03. The fourth-order valence-corrected chi connectivity index (χ4v) is 1.54. The first kappa shape index (κ1) is 10.5. The summed E-state index contributed by atoms with van der Waals surface area (Å²) in [6.45, 7) is 3.16. The van der Waals surface area contributed by atoms with E-state index in [2.05, 4.69) is 0 Å². The molecule has 0 saturated carbocycles. The molecule has 72 valence electrons. The van der Waals surface area contributed by atoms with Crippen LogP contribution in [-0.2, 0) is 5.60 Å². The first-order valence-corrected chi connectivity index (χ1v) is 5.24. The summed E-state index contributed by atoms with van der Waals surface area (Å²) in [5, 5.41) is 9.64. The molecule has 1 aromatic rings. The van der Waals surface area contributed by atoms with E-state index in [1.165, 1.54) is 17.8 Å². The van der Waals surface area contributed by atoms with Crippen LogP contribution in [0.4, 0.5) is 4.39 Å². The van der Waals surface area contributed by atoms with Crippen LogP contribution in [0.1, 0.15) is 19.4 Å². The van der Waals surface area contributed by atoms with Gasteiger partial charge in [-0.25, -0.2) is 4.39 Å². The highest BCUT2D eigenvalue weighted by Crippen LogP contribution is 2.26. The van der Waals surface area contributed by atoms with E-state index in [0.717, 1.165) is 4.90 Å². The Balaban J connectivity index is 3.19. The third-order valence-corrected chi connectivity index (χ3v) is 2.56. The lowest BCUT2D eigenvalue weighted by atomic mass is 9.98. The normalized spacial score (nSPS) is 11.8. The van der Waals surface area contributed by atoms with Crippen LogP contribution in [-0.4, -0.2) is 11.4 Å². The molecule has 0 amide bonds. The summed E-state index contributed by atoms with van der Waals surface area (Å²) >= 11 is 1.53. The van der Waals surface area contributed by atoms with Crippen molar-refractivity contribution in [2.75, 3.05) is 6.26 Å². The third-order valence-electron chi connectivity index (χ3n) is 1.83. The molecular formula is C10H13FOS. The van der Waals surface area contributed by atoms with Gasteiger partial charge in [-0.05, 0) is 38.3 Å². The van der Waals surface area contributed by atoms with Gasteiger partial charge >= 0.3 is 0 Å². The lowest BCUT2D eigenvalue weighted by Gasteiger charge is -2.19. The lowest BCUT2D eigenvalue weighted by Crippen LogP contribution is -2.17. The van der Waals surface area contributed by atoms with Gasteiger partial charge in [0, 0.05) is 10.5 Å². The van der Waals surface area contributed by atoms with Crippen LogP contribution in [0.25, 0.3) is 0 Å². The standard InChI is InChI=1S/C10H13FOS/c1-10(2,12)8-6-7(13-3)4-5-9(8)11/h4-6,12H,1-3H3. The van der Waals surface area contributed by atoms with Crippen molar-refractivity contribution in [2.45, 2.75) is 24.3 Å². The topological polar surface area (TPSA) is 20.2 Å². The molecule has 0 aliphatic heterocycles. The minimum atomic E-state index is -1.12. The highest BCUT2D eigenvalue weighted by atomic mass is 32.2. The summed E-state index contributed by atoms with van der Waals surface area (Å²) in [6.07, 6.45) is 1.92. The van der Waals surface area contributed by atoms with Gasteiger partial charge in [0.25, 0.3) is 0 Å². The quantitative estimate of drug-likeness (QED) is 0.741. The first-order valence-electron chi connectivity index (χ1n) is 4.01. The Kier molecular flexibility index (Phi) is 2.98. The van der Waals surface area contributed by atoms with Crippen molar-refractivity contribution in [3.05, 3.63) is 29.6 Å². The predicted octanol–water partition coefficient (Wildman–Crippen LogP) is 2.78. The molecular weight excluding hydrogens is 187 g/mol. The molecule has 0 radical (unpaired) electrons.